The van der Waals surface area contributed by atoms with Crippen LogP contribution in [-0.2, 0) is 9.59 Å². The molecule has 1 heterocycles. The first-order valence-electron chi connectivity index (χ1n) is 6.62. The van der Waals surface area contributed by atoms with Crippen molar-refractivity contribution < 1.29 is 14.7 Å². The average Bonchev–Trinajstić information content (AvgIpc) is 3.00. The largest absolute Gasteiger partial charge is 0.481 e. The summed E-state index contributed by atoms with van der Waals surface area (Å²) < 4.78 is 1.57. The molecule has 0 spiro atoms. The quantitative estimate of drug-likeness (QED) is 0.883. The smallest absolute Gasteiger partial charge is 0.310 e. The second kappa shape index (κ2) is 6.21. The van der Waals surface area contributed by atoms with E-state index in [0.717, 1.165) is 0 Å². The summed E-state index contributed by atoms with van der Waals surface area (Å²) in [4.78, 5) is 23.0. The van der Waals surface area contributed by atoms with Crippen molar-refractivity contribution in [3.8, 4) is 0 Å². The molecule has 0 fully saturated rings. The molecule has 1 aromatic heterocycles. The number of hydrogen-bond acceptors (Lipinski definition) is 3. The zero-order valence-corrected chi connectivity index (χ0v) is 11.9. The number of anilines is 1. The molecule has 2 rings (SSSR count). The van der Waals surface area contributed by atoms with Gasteiger partial charge in [0.2, 0.25) is 5.91 Å². The lowest BCUT2D eigenvalue weighted by molar-refractivity contribution is -0.138. The van der Waals surface area contributed by atoms with Gasteiger partial charge in [-0.2, -0.15) is 5.10 Å². The van der Waals surface area contributed by atoms with Crippen LogP contribution in [0, 0.1) is 0 Å². The molecule has 0 aliphatic rings. The highest BCUT2D eigenvalue weighted by Crippen LogP contribution is 2.19. The van der Waals surface area contributed by atoms with Crippen LogP contribution in [0.1, 0.15) is 31.4 Å². The molecule has 6 heteroatoms. The van der Waals surface area contributed by atoms with Crippen molar-refractivity contribution in [1.82, 2.24) is 9.78 Å². The topological polar surface area (TPSA) is 84.2 Å². The number of nitrogens with one attached hydrogen (secondary N) is 1. The Labute approximate surface area is 122 Å². The monoisotopic (exact) mass is 287 g/mol. The molecule has 2 atom stereocenters. The molecule has 1 amide bonds. The third-order valence-corrected chi connectivity index (χ3v) is 3.35. The summed E-state index contributed by atoms with van der Waals surface area (Å²) in [5.74, 6) is -1.63. The van der Waals surface area contributed by atoms with Crippen molar-refractivity contribution in [2.45, 2.75) is 25.8 Å². The Kier molecular flexibility index (Phi) is 4.37. The van der Waals surface area contributed by atoms with E-state index < -0.39 is 17.9 Å². The lowest BCUT2D eigenvalue weighted by Crippen LogP contribution is -2.24. The molecule has 21 heavy (non-hydrogen) atoms. The summed E-state index contributed by atoms with van der Waals surface area (Å²) in [7, 11) is 0. The van der Waals surface area contributed by atoms with Crippen molar-refractivity contribution >= 4 is 17.6 Å². The van der Waals surface area contributed by atoms with E-state index in [1.807, 2.05) is 0 Å². The molecule has 2 unspecified atom stereocenters. The Morgan fingerprint density at radius 3 is 2.43 bits per heavy atom. The van der Waals surface area contributed by atoms with Crippen molar-refractivity contribution in [3.63, 3.8) is 0 Å². The zero-order valence-electron chi connectivity index (χ0n) is 11.9. The van der Waals surface area contributed by atoms with E-state index >= 15 is 0 Å². The van der Waals surface area contributed by atoms with Gasteiger partial charge in [-0.05, 0) is 37.6 Å². The number of carboxylic acid groups (broad SMARTS) is 1. The molecular weight excluding hydrogens is 270 g/mol. The van der Waals surface area contributed by atoms with Crippen molar-refractivity contribution in [1.29, 1.82) is 0 Å². The van der Waals surface area contributed by atoms with Crippen LogP contribution in [0.3, 0.4) is 0 Å². The summed E-state index contributed by atoms with van der Waals surface area (Å²) >= 11 is 0. The van der Waals surface area contributed by atoms with E-state index in [9.17, 15) is 9.59 Å². The normalized spacial score (nSPS) is 13.4. The van der Waals surface area contributed by atoms with Crippen LogP contribution < -0.4 is 5.32 Å². The summed E-state index contributed by atoms with van der Waals surface area (Å²) in [6.45, 7) is 3.37. The van der Waals surface area contributed by atoms with Crippen LogP contribution in [0.5, 0.6) is 0 Å². The molecule has 0 aliphatic carbocycles. The molecule has 2 N–H and O–H groups in total. The zero-order chi connectivity index (χ0) is 15.4. The molecule has 0 bridgehead atoms. The number of amides is 1. The molecule has 0 saturated heterocycles. The van der Waals surface area contributed by atoms with Crippen molar-refractivity contribution in [2.24, 2.45) is 0 Å². The van der Waals surface area contributed by atoms with Crippen LogP contribution in [0.2, 0.25) is 0 Å². The van der Waals surface area contributed by atoms with Crippen molar-refractivity contribution in [3.05, 3.63) is 48.3 Å². The molecular formula is C15H17N3O3. The average molecular weight is 287 g/mol. The number of benzene rings is 1. The number of aliphatic carboxylic acids is 1. The third-order valence-electron chi connectivity index (χ3n) is 3.35. The Morgan fingerprint density at radius 2 is 1.90 bits per heavy atom. The van der Waals surface area contributed by atoms with E-state index in [1.165, 1.54) is 0 Å². The second-order valence-corrected chi connectivity index (χ2v) is 4.83. The van der Waals surface area contributed by atoms with Crippen molar-refractivity contribution in [2.75, 3.05) is 5.32 Å². The first kappa shape index (κ1) is 14.8. The van der Waals surface area contributed by atoms with Gasteiger partial charge in [0.1, 0.15) is 6.04 Å². The summed E-state index contributed by atoms with van der Waals surface area (Å²) in [5, 5.41) is 15.8. The minimum Gasteiger partial charge on any atom is -0.481 e. The van der Waals surface area contributed by atoms with Crippen LogP contribution in [0.25, 0.3) is 0 Å². The van der Waals surface area contributed by atoms with Crippen LogP contribution in [-0.4, -0.2) is 26.8 Å². The van der Waals surface area contributed by atoms with E-state index in [2.05, 4.69) is 10.4 Å². The lowest BCUT2D eigenvalue weighted by atomic mass is 10.0. The van der Waals surface area contributed by atoms with Gasteiger partial charge in [-0.3, -0.25) is 14.3 Å². The molecule has 0 aliphatic heterocycles. The van der Waals surface area contributed by atoms with E-state index in [0.29, 0.717) is 11.3 Å². The van der Waals surface area contributed by atoms with Gasteiger partial charge in [-0.1, -0.05) is 12.1 Å². The van der Waals surface area contributed by atoms with Crippen LogP contribution in [0.15, 0.2) is 42.7 Å². The minimum absolute atomic E-state index is 0.183. The van der Waals surface area contributed by atoms with Gasteiger partial charge >= 0.3 is 5.97 Å². The lowest BCUT2D eigenvalue weighted by Gasteiger charge is -2.13. The molecule has 1 aromatic carbocycles. The number of aromatic nitrogens is 2. The number of rotatable bonds is 5. The van der Waals surface area contributed by atoms with Gasteiger partial charge < -0.3 is 10.4 Å². The maximum atomic E-state index is 12.1. The Balaban J connectivity index is 2.03. The first-order chi connectivity index (χ1) is 9.99. The van der Waals surface area contributed by atoms with Gasteiger partial charge in [0.25, 0.3) is 0 Å². The van der Waals surface area contributed by atoms with Gasteiger partial charge in [0.05, 0.1) is 5.92 Å². The number of nitrogens with zero attached hydrogens (tertiary/aromatic N) is 2. The molecule has 2 aromatic rings. The van der Waals surface area contributed by atoms with Gasteiger partial charge in [0.15, 0.2) is 0 Å². The summed E-state index contributed by atoms with van der Waals surface area (Å²) in [6.07, 6.45) is 3.34. The first-order valence-corrected chi connectivity index (χ1v) is 6.62. The Morgan fingerprint density at radius 1 is 1.24 bits per heavy atom. The van der Waals surface area contributed by atoms with E-state index in [1.54, 1.807) is 61.3 Å². The SMILES string of the molecule is CC(C(=O)O)c1ccc(NC(=O)C(C)n2cccn2)cc1. The molecule has 0 saturated carbocycles. The Bertz CT molecular complexity index is 620. The highest BCUT2D eigenvalue weighted by Gasteiger charge is 2.16. The number of carboxylic acids is 1. The summed E-state index contributed by atoms with van der Waals surface area (Å²) in [5.41, 5.74) is 1.32. The predicted octanol–water partition coefficient (Wildman–Crippen LogP) is 2.27. The van der Waals surface area contributed by atoms with Crippen LogP contribution >= 0.6 is 0 Å². The van der Waals surface area contributed by atoms with Crippen LogP contribution in [0.4, 0.5) is 5.69 Å². The maximum Gasteiger partial charge on any atom is 0.310 e. The van der Waals surface area contributed by atoms with Gasteiger partial charge in [-0.15, -0.1) is 0 Å². The highest BCUT2D eigenvalue weighted by molar-refractivity contribution is 5.93. The van der Waals surface area contributed by atoms with Gasteiger partial charge in [-0.25, -0.2) is 0 Å². The summed E-state index contributed by atoms with van der Waals surface area (Å²) in [6, 6.07) is 8.13. The highest BCUT2D eigenvalue weighted by atomic mass is 16.4. The standard InChI is InChI=1S/C15H17N3O3/c1-10(15(20)21)12-4-6-13(7-5-12)17-14(19)11(2)18-9-3-8-16-18/h3-11H,1-2H3,(H,17,19)(H,20,21). The third kappa shape index (κ3) is 3.47. The number of carbonyl (C=O) groups excluding carboxylic acids is 1. The minimum atomic E-state index is -0.876. The fraction of sp³-hybridized carbons (Fsp3) is 0.267. The second-order valence-electron chi connectivity index (χ2n) is 4.83. The van der Waals surface area contributed by atoms with Gasteiger partial charge in [0, 0.05) is 18.1 Å². The number of carbonyl (C=O) groups is 2. The molecule has 6 nitrogen and oxygen atoms in total. The fourth-order valence-corrected chi connectivity index (χ4v) is 1.87. The van der Waals surface area contributed by atoms with E-state index in [4.69, 9.17) is 5.11 Å². The number of hydrogen-bond donors (Lipinski definition) is 2. The molecule has 110 valence electrons. The fourth-order valence-electron chi connectivity index (χ4n) is 1.87. The van der Waals surface area contributed by atoms with E-state index in [-0.39, 0.29) is 5.91 Å². The molecule has 0 radical (unpaired) electrons. The Hall–Kier alpha value is -2.63. The predicted molar refractivity (Wildman–Crippen MR) is 78.1 cm³/mol. The maximum absolute atomic E-state index is 12.1.